The number of aromatic amines is 1. The molecule has 2 nitrogen and oxygen atoms in total. The highest BCUT2D eigenvalue weighted by Gasteiger charge is 2.10. The van der Waals surface area contributed by atoms with Crippen LogP contribution in [0.15, 0.2) is 28.7 Å². The number of rotatable bonds is 2. The predicted octanol–water partition coefficient (Wildman–Crippen LogP) is 4.92. The van der Waals surface area contributed by atoms with Gasteiger partial charge < -0.3 is 4.98 Å². The molecular formula is C15H17BrN2. The molecule has 1 N–H and O–H groups in total. The van der Waals surface area contributed by atoms with E-state index in [1.807, 2.05) is 12.1 Å². The zero-order chi connectivity index (χ0) is 12.4. The lowest BCUT2D eigenvalue weighted by Gasteiger charge is -2.17. The summed E-state index contributed by atoms with van der Waals surface area (Å²) in [4.78, 5) is 7.93. The molecule has 0 spiro atoms. The first kappa shape index (κ1) is 12.0. The number of fused-ring (bicyclic) bond motifs is 1. The predicted molar refractivity (Wildman–Crippen MR) is 79.4 cm³/mol. The summed E-state index contributed by atoms with van der Waals surface area (Å²) < 4.78 is 1.07. The van der Waals surface area contributed by atoms with Gasteiger partial charge in [0.2, 0.25) is 0 Å². The number of nitrogens with zero attached hydrogens (tertiary/aromatic N) is 1. The summed E-state index contributed by atoms with van der Waals surface area (Å²) in [7, 11) is 0. The number of imidazole rings is 1. The summed E-state index contributed by atoms with van der Waals surface area (Å²) in [5.41, 5.74) is 2.12. The molecule has 1 heterocycles. The zero-order valence-electron chi connectivity index (χ0n) is 10.3. The molecule has 1 aromatic carbocycles. The summed E-state index contributed by atoms with van der Waals surface area (Å²) in [6.45, 7) is 0. The minimum Gasteiger partial charge on any atom is -0.338 e. The van der Waals surface area contributed by atoms with Gasteiger partial charge in [-0.3, -0.25) is 0 Å². The highest BCUT2D eigenvalue weighted by atomic mass is 79.9. The Labute approximate surface area is 116 Å². The van der Waals surface area contributed by atoms with Crippen LogP contribution in [0.2, 0.25) is 0 Å². The van der Waals surface area contributed by atoms with E-state index in [0.717, 1.165) is 27.2 Å². The average Bonchev–Trinajstić information content (AvgIpc) is 2.79. The molecule has 1 fully saturated rings. The molecule has 2 aromatic rings. The van der Waals surface area contributed by atoms with Crippen LogP contribution in [0.4, 0.5) is 0 Å². The molecule has 1 aliphatic rings. The second-order valence-electron chi connectivity index (χ2n) is 5.04. The molecule has 0 amide bonds. The fraction of sp³-hybridized carbons (Fsp3) is 0.400. The number of allylic oxidation sites excluding steroid dienone is 1. The van der Waals surface area contributed by atoms with Crippen LogP contribution in [-0.4, -0.2) is 9.97 Å². The Morgan fingerprint density at radius 2 is 2.06 bits per heavy atom. The average molecular weight is 305 g/mol. The number of aromatic nitrogens is 2. The molecule has 1 aromatic heterocycles. The molecule has 0 saturated heterocycles. The first-order chi connectivity index (χ1) is 8.81. The van der Waals surface area contributed by atoms with Gasteiger partial charge in [0.15, 0.2) is 0 Å². The summed E-state index contributed by atoms with van der Waals surface area (Å²) in [6.07, 6.45) is 11.3. The van der Waals surface area contributed by atoms with Crippen molar-refractivity contribution in [1.82, 2.24) is 9.97 Å². The van der Waals surface area contributed by atoms with E-state index >= 15 is 0 Å². The quantitative estimate of drug-likeness (QED) is 0.838. The van der Waals surface area contributed by atoms with E-state index in [1.165, 1.54) is 32.1 Å². The minimum atomic E-state index is 0.749. The second kappa shape index (κ2) is 5.27. The lowest BCUT2D eigenvalue weighted by molar-refractivity contribution is 0.420. The van der Waals surface area contributed by atoms with E-state index in [1.54, 1.807) is 0 Å². The van der Waals surface area contributed by atoms with Crippen LogP contribution in [0.5, 0.6) is 0 Å². The van der Waals surface area contributed by atoms with Crippen LogP contribution in [0.25, 0.3) is 17.1 Å². The maximum atomic E-state index is 4.59. The molecule has 0 unspecified atom stereocenters. The van der Waals surface area contributed by atoms with E-state index in [0.29, 0.717) is 0 Å². The van der Waals surface area contributed by atoms with Gasteiger partial charge >= 0.3 is 0 Å². The monoisotopic (exact) mass is 304 g/mol. The first-order valence-electron chi connectivity index (χ1n) is 6.65. The topological polar surface area (TPSA) is 28.7 Å². The number of benzene rings is 1. The molecule has 3 heteroatoms. The van der Waals surface area contributed by atoms with Crippen LogP contribution in [-0.2, 0) is 0 Å². The lowest BCUT2D eigenvalue weighted by atomic mass is 9.89. The molecule has 0 atom stereocenters. The SMILES string of the molecule is Brc1ccc2[nH]c(/C=C/C3CCCCC3)nc2c1. The van der Waals surface area contributed by atoms with Crippen LogP contribution in [0, 0.1) is 5.92 Å². The van der Waals surface area contributed by atoms with E-state index in [9.17, 15) is 0 Å². The fourth-order valence-corrected chi connectivity index (χ4v) is 2.98. The Hall–Kier alpha value is -1.09. The zero-order valence-corrected chi connectivity index (χ0v) is 11.9. The maximum absolute atomic E-state index is 4.59. The van der Waals surface area contributed by atoms with Crippen molar-refractivity contribution in [2.24, 2.45) is 5.92 Å². The van der Waals surface area contributed by atoms with Crippen molar-refractivity contribution in [2.45, 2.75) is 32.1 Å². The van der Waals surface area contributed by atoms with Crippen molar-refractivity contribution in [3.63, 3.8) is 0 Å². The highest BCUT2D eigenvalue weighted by Crippen LogP contribution is 2.25. The second-order valence-corrected chi connectivity index (χ2v) is 5.96. The van der Waals surface area contributed by atoms with Gasteiger partial charge in [0.1, 0.15) is 5.82 Å². The van der Waals surface area contributed by atoms with Gasteiger partial charge in [0.05, 0.1) is 11.0 Å². The smallest absolute Gasteiger partial charge is 0.130 e. The van der Waals surface area contributed by atoms with E-state index in [2.05, 4.69) is 44.1 Å². The summed E-state index contributed by atoms with van der Waals surface area (Å²) in [5, 5.41) is 0. The highest BCUT2D eigenvalue weighted by molar-refractivity contribution is 9.10. The van der Waals surface area contributed by atoms with Crippen molar-refractivity contribution in [3.05, 3.63) is 34.6 Å². The molecular weight excluding hydrogens is 288 g/mol. The number of hydrogen-bond donors (Lipinski definition) is 1. The fourth-order valence-electron chi connectivity index (χ4n) is 2.63. The number of H-pyrrole nitrogens is 1. The van der Waals surface area contributed by atoms with E-state index in [4.69, 9.17) is 0 Å². The Morgan fingerprint density at radius 1 is 1.22 bits per heavy atom. The van der Waals surface area contributed by atoms with Gasteiger partial charge in [-0.15, -0.1) is 0 Å². The molecule has 18 heavy (non-hydrogen) atoms. The van der Waals surface area contributed by atoms with Crippen LogP contribution in [0.3, 0.4) is 0 Å². The van der Waals surface area contributed by atoms with Crippen LogP contribution < -0.4 is 0 Å². The van der Waals surface area contributed by atoms with Gasteiger partial charge in [0.25, 0.3) is 0 Å². The van der Waals surface area contributed by atoms with Crippen molar-refractivity contribution < 1.29 is 0 Å². The third kappa shape index (κ3) is 2.66. The minimum absolute atomic E-state index is 0.749. The van der Waals surface area contributed by atoms with Gasteiger partial charge in [-0.1, -0.05) is 41.3 Å². The maximum Gasteiger partial charge on any atom is 0.130 e. The van der Waals surface area contributed by atoms with Crippen LogP contribution >= 0.6 is 15.9 Å². The van der Waals surface area contributed by atoms with Crippen molar-refractivity contribution >= 4 is 33.0 Å². The molecule has 94 valence electrons. The number of halogens is 1. The third-order valence-electron chi connectivity index (χ3n) is 3.64. The molecule has 1 aliphatic carbocycles. The summed E-state index contributed by atoms with van der Waals surface area (Å²) in [6, 6.07) is 6.14. The van der Waals surface area contributed by atoms with Gasteiger partial charge in [-0.25, -0.2) is 4.98 Å². The molecule has 0 radical (unpaired) electrons. The van der Waals surface area contributed by atoms with Gasteiger partial charge in [-0.05, 0) is 43.0 Å². The molecule has 3 rings (SSSR count). The van der Waals surface area contributed by atoms with Crippen molar-refractivity contribution in [2.75, 3.05) is 0 Å². The molecule has 0 aliphatic heterocycles. The van der Waals surface area contributed by atoms with E-state index < -0.39 is 0 Å². The van der Waals surface area contributed by atoms with Gasteiger partial charge in [-0.2, -0.15) is 0 Å². The number of hydrogen-bond acceptors (Lipinski definition) is 1. The number of nitrogens with one attached hydrogen (secondary N) is 1. The Balaban J connectivity index is 1.79. The summed E-state index contributed by atoms with van der Waals surface area (Å²) >= 11 is 3.47. The van der Waals surface area contributed by atoms with Crippen molar-refractivity contribution in [3.8, 4) is 0 Å². The summed E-state index contributed by atoms with van der Waals surface area (Å²) in [5.74, 6) is 1.72. The van der Waals surface area contributed by atoms with Gasteiger partial charge in [0, 0.05) is 4.47 Å². The van der Waals surface area contributed by atoms with Crippen LogP contribution in [0.1, 0.15) is 37.9 Å². The van der Waals surface area contributed by atoms with E-state index in [-0.39, 0.29) is 0 Å². The molecule has 0 bridgehead atoms. The Bertz CT molecular complexity index is 565. The largest absolute Gasteiger partial charge is 0.338 e. The lowest BCUT2D eigenvalue weighted by Crippen LogP contribution is -2.02. The standard InChI is InChI=1S/C15H17BrN2/c16-12-7-8-13-14(10-12)18-15(17-13)9-6-11-4-2-1-3-5-11/h6-11H,1-5H2,(H,17,18)/b9-6+. The first-order valence-corrected chi connectivity index (χ1v) is 7.44. The third-order valence-corrected chi connectivity index (χ3v) is 4.13. The molecule has 1 saturated carbocycles. The van der Waals surface area contributed by atoms with Crippen molar-refractivity contribution in [1.29, 1.82) is 0 Å². The normalized spacial score (nSPS) is 17.8. The Kier molecular flexibility index (Phi) is 3.50. The Morgan fingerprint density at radius 3 is 2.89 bits per heavy atom.